The summed E-state index contributed by atoms with van der Waals surface area (Å²) in [5.74, 6) is 0.729. The molecule has 4 heteroatoms. The number of nitrogens with one attached hydrogen (secondary N) is 1. The van der Waals surface area contributed by atoms with Crippen molar-refractivity contribution in [1.82, 2.24) is 0 Å². The molecule has 88 valence electrons. The van der Waals surface area contributed by atoms with Crippen LogP contribution < -0.4 is 11.1 Å². The molecule has 1 aromatic rings. The molecule has 1 unspecified atom stereocenters. The van der Waals surface area contributed by atoms with Crippen molar-refractivity contribution in [2.24, 2.45) is 11.7 Å². The molecule has 2 nitrogen and oxygen atoms in total. The Bertz CT molecular complexity index is 366. The summed E-state index contributed by atoms with van der Waals surface area (Å²) in [7, 11) is 0. The van der Waals surface area contributed by atoms with E-state index in [4.69, 9.17) is 17.3 Å². The molecule has 1 aliphatic rings. The van der Waals surface area contributed by atoms with Crippen LogP contribution in [0.15, 0.2) is 22.7 Å². The summed E-state index contributed by atoms with van der Waals surface area (Å²) in [6, 6.07) is 6.30. The van der Waals surface area contributed by atoms with Gasteiger partial charge in [0, 0.05) is 22.7 Å². The second-order valence-electron chi connectivity index (χ2n) is 4.31. The fourth-order valence-corrected chi connectivity index (χ4v) is 2.44. The Morgan fingerprint density at radius 3 is 2.75 bits per heavy atom. The monoisotopic (exact) mass is 302 g/mol. The number of anilines is 1. The van der Waals surface area contributed by atoms with Gasteiger partial charge in [-0.25, -0.2) is 0 Å². The summed E-state index contributed by atoms with van der Waals surface area (Å²) in [5, 5.41) is 4.20. The van der Waals surface area contributed by atoms with Crippen molar-refractivity contribution < 1.29 is 0 Å². The summed E-state index contributed by atoms with van der Waals surface area (Å²) in [4.78, 5) is 0. The second-order valence-corrected chi connectivity index (χ2v) is 5.57. The summed E-state index contributed by atoms with van der Waals surface area (Å²) in [5.41, 5.74) is 6.85. The van der Waals surface area contributed by atoms with Crippen molar-refractivity contribution in [2.75, 3.05) is 11.9 Å². The highest BCUT2D eigenvalue weighted by atomic mass is 79.9. The van der Waals surface area contributed by atoms with Crippen molar-refractivity contribution in [3.05, 3.63) is 27.7 Å². The molecular formula is C12H16BrClN2. The molecular weight excluding hydrogens is 288 g/mol. The van der Waals surface area contributed by atoms with E-state index in [1.807, 2.05) is 18.2 Å². The highest BCUT2D eigenvalue weighted by molar-refractivity contribution is 9.10. The lowest BCUT2D eigenvalue weighted by Gasteiger charge is -2.34. The van der Waals surface area contributed by atoms with Crippen LogP contribution in [0.5, 0.6) is 0 Å². The third-order valence-corrected chi connectivity index (χ3v) is 4.48. The highest BCUT2D eigenvalue weighted by Crippen LogP contribution is 2.32. The standard InChI is InChI=1S/C12H16BrClN2/c13-10-5-4-9(6-11(10)14)16-12(7-15)8-2-1-3-8/h4-6,8,12,16H,1-3,7,15H2. The maximum Gasteiger partial charge on any atom is 0.0568 e. The third-order valence-electron chi connectivity index (χ3n) is 3.24. The van der Waals surface area contributed by atoms with Gasteiger partial charge in [0.25, 0.3) is 0 Å². The summed E-state index contributed by atoms with van der Waals surface area (Å²) in [6.07, 6.45) is 3.92. The van der Waals surface area contributed by atoms with Gasteiger partial charge in [-0.05, 0) is 52.9 Å². The SMILES string of the molecule is NCC(Nc1ccc(Br)c(Cl)c1)C1CCC1. The molecule has 0 aliphatic heterocycles. The van der Waals surface area contributed by atoms with Crippen LogP contribution in [0.25, 0.3) is 0 Å². The van der Waals surface area contributed by atoms with Gasteiger partial charge in [-0.1, -0.05) is 18.0 Å². The number of hydrogen-bond acceptors (Lipinski definition) is 2. The lowest BCUT2D eigenvalue weighted by molar-refractivity contribution is 0.277. The van der Waals surface area contributed by atoms with Gasteiger partial charge in [0.05, 0.1) is 5.02 Å². The average molecular weight is 304 g/mol. The molecule has 16 heavy (non-hydrogen) atoms. The minimum atomic E-state index is 0.381. The topological polar surface area (TPSA) is 38.0 Å². The fraction of sp³-hybridized carbons (Fsp3) is 0.500. The van der Waals surface area contributed by atoms with E-state index < -0.39 is 0 Å². The van der Waals surface area contributed by atoms with Crippen molar-refractivity contribution in [3.63, 3.8) is 0 Å². The molecule has 0 aromatic heterocycles. The highest BCUT2D eigenvalue weighted by Gasteiger charge is 2.26. The maximum atomic E-state index is 6.05. The first-order valence-electron chi connectivity index (χ1n) is 5.62. The molecule has 0 heterocycles. The fourth-order valence-electron chi connectivity index (χ4n) is 2.01. The van der Waals surface area contributed by atoms with E-state index >= 15 is 0 Å². The molecule has 0 saturated heterocycles. The molecule has 0 spiro atoms. The number of rotatable bonds is 4. The molecule has 2 rings (SSSR count). The number of hydrogen-bond donors (Lipinski definition) is 2. The Hall–Kier alpha value is -0.250. The zero-order valence-electron chi connectivity index (χ0n) is 9.05. The number of benzene rings is 1. The van der Waals surface area contributed by atoms with Gasteiger partial charge in [0.15, 0.2) is 0 Å². The molecule has 3 N–H and O–H groups in total. The Balaban J connectivity index is 2.03. The van der Waals surface area contributed by atoms with Crippen LogP contribution in [0.2, 0.25) is 5.02 Å². The van der Waals surface area contributed by atoms with Crippen molar-refractivity contribution in [1.29, 1.82) is 0 Å². The van der Waals surface area contributed by atoms with Crippen molar-refractivity contribution in [2.45, 2.75) is 25.3 Å². The van der Waals surface area contributed by atoms with Crippen LogP contribution in [0.3, 0.4) is 0 Å². The molecule has 1 fully saturated rings. The lowest BCUT2D eigenvalue weighted by atomic mass is 9.79. The maximum absolute atomic E-state index is 6.05. The van der Waals surface area contributed by atoms with E-state index in [0.29, 0.717) is 12.6 Å². The first-order chi connectivity index (χ1) is 7.70. The van der Waals surface area contributed by atoms with Crippen molar-refractivity contribution in [3.8, 4) is 0 Å². The largest absolute Gasteiger partial charge is 0.381 e. The molecule has 1 aliphatic carbocycles. The Labute approximate surface area is 110 Å². The predicted molar refractivity (Wildman–Crippen MR) is 73.0 cm³/mol. The lowest BCUT2D eigenvalue weighted by Crippen LogP contribution is -2.39. The smallest absolute Gasteiger partial charge is 0.0568 e. The molecule has 1 aromatic carbocycles. The average Bonchev–Trinajstić information content (AvgIpc) is 2.20. The molecule has 0 amide bonds. The number of nitrogens with two attached hydrogens (primary N) is 1. The minimum absolute atomic E-state index is 0.381. The minimum Gasteiger partial charge on any atom is -0.381 e. The number of halogens is 2. The Morgan fingerprint density at radius 1 is 1.50 bits per heavy atom. The molecule has 1 atom stereocenters. The van der Waals surface area contributed by atoms with E-state index in [9.17, 15) is 0 Å². The summed E-state index contributed by atoms with van der Waals surface area (Å²) >= 11 is 9.43. The van der Waals surface area contributed by atoms with Crippen LogP contribution in [-0.2, 0) is 0 Å². The van der Waals surface area contributed by atoms with Gasteiger partial charge in [-0.3, -0.25) is 0 Å². The first kappa shape index (κ1) is 12.2. The summed E-state index contributed by atoms with van der Waals surface area (Å²) in [6.45, 7) is 0.679. The van der Waals surface area contributed by atoms with E-state index in [-0.39, 0.29) is 0 Å². The van der Waals surface area contributed by atoms with Crippen molar-refractivity contribution >= 4 is 33.2 Å². The second kappa shape index (κ2) is 5.39. The van der Waals surface area contributed by atoms with E-state index in [1.165, 1.54) is 19.3 Å². The predicted octanol–water partition coefficient (Wildman–Crippen LogP) is 3.64. The normalized spacial score (nSPS) is 17.9. The van der Waals surface area contributed by atoms with Gasteiger partial charge in [0.2, 0.25) is 0 Å². The third kappa shape index (κ3) is 2.70. The Morgan fingerprint density at radius 2 is 2.25 bits per heavy atom. The molecule has 0 bridgehead atoms. The first-order valence-corrected chi connectivity index (χ1v) is 6.79. The summed E-state index contributed by atoms with van der Waals surface area (Å²) < 4.78 is 0.924. The van der Waals surface area contributed by atoms with E-state index in [2.05, 4.69) is 21.2 Å². The van der Waals surface area contributed by atoms with Gasteiger partial charge < -0.3 is 11.1 Å². The van der Waals surface area contributed by atoms with E-state index in [1.54, 1.807) is 0 Å². The zero-order chi connectivity index (χ0) is 11.5. The van der Waals surface area contributed by atoms with Crippen LogP contribution >= 0.6 is 27.5 Å². The zero-order valence-corrected chi connectivity index (χ0v) is 11.4. The van der Waals surface area contributed by atoms with Gasteiger partial charge in [-0.2, -0.15) is 0 Å². The van der Waals surface area contributed by atoms with Crippen LogP contribution in [-0.4, -0.2) is 12.6 Å². The van der Waals surface area contributed by atoms with Gasteiger partial charge >= 0.3 is 0 Å². The quantitative estimate of drug-likeness (QED) is 0.891. The van der Waals surface area contributed by atoms with Crippen LogP contribution in [0.4, 0.5) is 5.69 Å². The van der Waals surface area contributed by atoms with Crippen LogP contribution in [0, 0.1) is 5.92 Å². The van der Waals surface area contributed by atoms with E-state index in [0.717, 1.165) is 21.1 Å². The molecule has 0 radical (unpaired) electrons. The van der Waals surface area contributed by atoms with Gasteiger partial charge in [0.1, 0.15) is 0 Å². The molecule has 1 saturated carbocycles. The van der Waals surface area contributed by atoms with Gasteiger partial charge in [-0.15, -0.1) is 0 Å². The Kier molecular flexibility index (Phi) is 4.11. The van der Waals surface area contributed by atoms with Crippen LogP contribution in [0.1, 0.15) is 19.3 Å².